The number of pyridine rings is 1. The monoisotopic (exact) mass is 266 g/mol. The Morgan fingerprint density at radius 2 is 2.17 bits per heavy atom. The summed E-state index contributed by atoms with van der Waals surface area (Å²) in [6.07, 6.45) is 4.65. The summed E-state index contributed by atoms with van der Waals surface area (Å²) in [5.41, 5.74) is 1.44. The molecule has 1 aromatic rings. The van der Waals surface area contributed by atoms with E-state index < -0.39 is 0 Å². The van der Waals surface area contributed by atoms with Gasteiger partial charge in [0.15, 0.2) is 0 Å². The number of nitrogens with zero attached hydrogens (tertiary/aromatic N) is 1. The van der Waals surface area contributed by atoms with E-state index in [1.165, 1.54) is 12.8 Å². The van der Waals surface area contributed by atoms with Gasteiger partial charge in [-0.05, 0) is 31.9 Å². The highest BCUT2D eigenvalue weighted by atomic mass is 35.5. The Bertz CT molecular complexity index is 428. The predicted molar refractivity (Wildman–Crippen MR) is 72.9 cm³/mol. The summed E-state index contributed by atoms with van der Waals surface area (Å²) in [7, 11) is 0. The molecule has 0 spiro atoms. The molecule has 1 heterocycles. The number of aryl methyl sites for hydroxylation is 1. The molecule has 1 aromatic heterocycles. The largest absolute Gasteiger partial charge is 0.350 e. The van der Waals surface area contributed by atoms with Crippen molar-refractivity contribution >= 4 is 17.5 Å². The lowest BCUT2D eigenvalue weighted by Crippen LogP contribution is -2.37. The maximum absolute atomic E-state index is 12.0. The number of aromatic nitrogens is 1. The number of hydrogen-bond donors (Lipinski definition) is 1. The van der Waals surface area contributed by atoms with Crippen LogP contribution in [0.3, 0.4) is 0 Å². The lowest BCUT2D eigenvalue weighted by molar-refractivity contribution is 0.0930. The zero-order chi connectivity index (χ0) is 13.0. The Hall–Kier alpha value is -1.09. The van der Waals surface area contributed by atoms with Crippen molar-refractivity contribution in [2.45, 2.75) is 32.6 Å². The number of amides is 1. The van der Waals surface area contributed by atoms with Gasteiger partial charge in [-0.1, -0.05) is 18.9 Å². The Labute approximate surface area is 113 Å². The summed E-state index contributed by atoms with van der Waals surface area (Å²) in [5, 5.41) is 2.97. The zero-order valence-corrected chi connectivity index (χ0v) is 11.5. The second kappa shape index (κ2) is 5.70. The van der Waals surface area contributed by atoms with Gasteiger partial charge >= 0.3 is 0 Å². The highest BCUT2D eigenvalue weighted by Gasteiger charge is 2.33. The number of carbonyl (C=O) groups is 1. The third kappa shape index (κ3) is 3.02. The molecule has 1 saturated carbocycles. The molecule has 0 atom stereocenters. The number of nitrogens with one attached hydrogen (secondary N) is 1. The van der Waals surface area contributed by atoms with Crippen molar-refractivity contribution in [2.75, 3.05) is 12.4 Å². The van der Waals surface area contributed by atoms with Crippen LogP contribution < -0.4 is 5.32 Å². The molecule has 2 rings (SSSR count). The van der Waals surface area contributed by atoms with Gasteiger partial charge in [-0.15, -0.1) is 11.6 Å². The maximum Gasteiger partial charge on any atom is 0.269 e. The molecule has 3 nitrogen and oxygen atoms in total. The first-order chi connectivity index (χ1) is 8.65. The van der Waals surface area contributed by atoms with Gasteiger partial charge in [0, 0.05) is 23.5 Å². The second-order valence-corrected chi connectivity index (χ2v) is 5.45. The Kier molecular flexibility index (Phi) is 4.23. The van der Waals surface area contributed by atoms with Gasteiger partial charge in [-0.2, -0.15) is 0 Å². The van der Waals surface area contributed by atoms with Gasteiger partial charge in [0.2, 0.25) is 0 Å². The fourth-order valence-corrected chi connectivity index (χ4v) is 2.87. The van der Waals surface area contributed by atoms with Crippen LogP contribution in [0.4, 0.5) is 0 Å². The number of carbonyl (C=O) groups excluding carboxylic acids is 1. The Morgan fingerprint density at radius 1 is 1.44 bits per heavy atom. The predicted octanol–water partition coefficient (Wildman–Crippen LogP) is 2.92. The highest BCUT2D eigenvalue weighted by molar-refractivity contribution is 6.18. The lowest BCUT2D eigenvalue weighted by atomic mass is 9.88. The summed E-state index contributed by atoms with van der Waals surface area (Å²) in [6.45, 7) is 2.54. The molecule has 1 fully saturated rings. The van der Waals surface area contributed by atoms with Crippen LogP contribution in [0.2, 0.25) is 0 Å². The quantitative estimate of drug-likeness (QED) is 0.852. The third-order valence-electron chi connectivity index (χ3n) is 3.69. The molecule has 1 amide bonds. The molecule has 4 heteroatoms. The van der Waals surface area contributed by atoms with Crippen LogP contribution >= 0.6 is 11.6 Å². The normalized spacial score (nSPS) is 17.7. The van der Waals surface area contributed by atoms with E-state index in [4.69, 9.17) is 11.6 Å². The minimum absolute atomic E-state index is 0.0983. The summed E-state index contributed by atoms with van der Waals surface area (Å²) in [5.74, 6) is 0.518. The van der Waals surface area contributed by atoms with Crippen LogP contribution in [0.25, 0.3) is 0 Å². The summed E-state index contributed by atoms with van der Waals surface area (Å²) < 4.78 is 0. The third-order valence-corrected chi connectivity index (χ3v) is 4.26. The number of hydrogen-bond acceptors (Lipinski definition) is 2. The molecule has 18 heavy (non-hydrogen) atoms. The van der Waals surface area contributed by atoms with Crippen molar-refractivity contribution < 1.29 is 4.79 Å². The van der Waals surface area contributed by atoms with E-state index in [1.54, 1.807) is 6.07 Å². The van der Waals surface area contributed by atoms with Crippen LogP contribution in [0, 0.1) is 12.3 Å². The molecule has 0 aliphatic heterocycles. The van der Waals surface area contributed by atoms with Crippen LogP contribution in [0.15, 0.2) is 18.2 Å². The van der Waals surface area contributed by atoms with Crippen molar-refractivity contribution in [3.63, 3.8) is 0 Å². The molecule has 1 aliphatic rings. The molecule has 1 N–H and O–H groups in total. The van der Waals surface area contributed by atoms with Crippen molar-refractivity contribution in [2.24, 2.45) is 5.41 Å². The summed E-state index contributed by atoms with van der Waals surface area (Å²) in [4.78, 5) is 16.2. The SMILES string of the molecule is Cc1cccc(C(=O)NCC2(CCl)CCCC2)n1. The van der Waals surface area contributed by atoms with Crippen molar-refractivity contribution in [1.82, 2.24) is 10.3 Å². The molecule has 0 unspecified atom stereocenters. The fourth-order valence-electron chi connectivity index (χ4n) is 2.51. The van der Waals surface area contributed by atoms with Gasteiger partial charge in [-0.25, -0.2) is 4.98 Å². The van der Waals surface area contributed by atoms with Gasteiger partial charge in [0.25, 0.3) is 5.91 Å². The smallest absolute Gasteiger partial charge is 0.269 e. The molecule has 1 aliphatic carbocycles. The topological polar surface area (TPSA) is 42.0 Å². The van der Waals surface area contributed by atoms with E-state index in [1.807, 2.05) is 19.1 Å². The number of alkyl halides is 1. The fraction of sp³-hybridized carbons (Fsp3) is 0.571. The highest BCUT2D eigenvalue weighted by Crippen LogP contribution is 2.38. The summed E-state index contributed by atoms with van der Waals surface area (Å²) in [6, 6.07) is 5.47. The van der Waals surface area contributed by atoms with E-state index in [0.29, 0.717) is 18.1 Å². The molecule has 0 aromatic carbocycles. The molecular formula is C14H19ClN2O. The van der Waals surface area contributed by atoms with Crippen LogP contribution in [-0.4, -0.2) is 23.3 Å². The molecule has 0 saturated heterocycles. The van der Waals surface area contributed by atoms with Crippen LogP contribution in [0.1, 0.15) is 41.9 Å². The molecule has 0 bridgehead atoms. The first-order valence-corrected chi connectivity index (χ1v) is 6.96. The van der Waals surface area contributed by atoms with E-state index in [-0.39, 0.29) is 11.3 Å². The van der Waals surface area contributed by atoms with Gasteiger partial charge in [0.05, 0.1) is 0 Å². The maximum atomic E-state index is 12.0. The molecular weight excluding hydrogens is 248 g/mol. The number of rotatable bonds is 4. The van der Waals surface area contributed by atoms with E-state index in [2.05, 4.69) is 10.3 Å². The van der Waals surface area contributed by atoms with Crippen molar-refractivity contribution in [3.05, 3.63) is 29.6 Å². The second-order valence-electron chi connectivity index (χ2n) is 5.19. The van der Waals surface area contributed by atoms with Crippen LogP contribution in [-0.2, 0) is 0 Å². The van der Waals surface area contributed by atoms with E-state index in [0.717, 1.165) is 18.5 Å². The van der Waals surface area contributed by atoms with Crippen LogP contribution in [0.5, 0.6) is 0 Å². The standard InChI is InChI=1S/C14H19ClN2O/c1-11-5-4-6-12(17-11)13(18)16-10-14(9-15)7-2-3-8-14/h4-6H,2-3,7-10H2,1H3,(H,16,18). The van der Waals surface area contributed by atoms with Gasteiger partial charge in [-0.3, -0.25) is 4.79 Å². The number of halogens is 1. The molecule has 98 valence electrons. The van der Waals surface area contributed by atoms with E-state index in [9.17, 15) is 4.79 Å². The van der Waals surface area contributed by atoms with Crippen molar-refractivity contribution in [1.29, 1.82) is 0 Å². The van der Waals surface area contributed by atoms with Gasteiger partial charge < -0.3 is 5.32 Å². The Balaban J connectivity index is 1.96. The Morgan fingerprint density at radius 3 is 2.78 bits per heavy atom. The summed E-state index contributed by atoms with van der Waals surface area (Å²) >= 11 is 6.05. The van der Waals surface area contributed by atoms with E-state index >= 15 is 0 Å². The minimum atomic E-state index is -0.102. The van der Waals surface area contributed by atoms with Crippen molar-refractivity contribution in [3.8, 4) is 0 Å². The zero-order valence-electron chi connectivity index (χ0n) is 10.7. The minimum Gasteiger partial charge on any atom is -0.350 e. The average Bonchev–Trinajstić information content (AvgIpc) is 2.85. The first kappa shape index (κ1) is 13.3. The molecule has 0 radical (unpaired) electrons. The first-order valence-electron chi connectivity index (χ1n) is 6.43. The lowest BCUT2D eigenvalue weighted by Gasteiger charge is -2.26. The van der Waals surface area contributed by atoms with Gasteiger partial charge in [0.1, 0.15) is 5.69 Å². The average molecular weight is 267 g/mol.